The van der Waals surface area contributed by atoms with Crippen molar-refractivity contribution < 1.29 is 19.4 Å². The molecule has 2 rings (SSSR count). The van der Waals surface area contributed by atoms with E-state index in [-0.39, 0.29) is 12.3 Å². The van der Waals surface area contributed by atoms with Crippen LogP contribution in [0.15, 0.2) is 48.5 Å². The van der Waals surface area contributed by atoms with E-state index < -0.39 is 12.0 Å². The molecule has 1 N–H and O–H groups in total. The van der Waals surface area contributed by atoms with E-state index in [9.17, 15) is 14.7 Å². The Morgan fingerprint density at radius 1 is 1.13 bits per heavy atom. The lowest BCUT2D eigenvalue weighted by Gasteiger charge is -2.20. The second-order valence-corrected chi connectivity index (χ2v) is 5.32. The van der Waals surface area contributed by atoms with Crippen molar-refractivity contribution in [2.24, 2.45) is 0 Å². The van der Waals surface area contributed by atoms with Gasteiger partial charge in [0.15, 0.2) is 0 Å². The van der Waals surface area contributed by atoms with Gasteiger partial charge in [0.1, 0.15) is 5.75 Å². The van der Waals surface area contributed by atoms with Gasteiger partial charge >= 0.3 is 0 Å². The van der Waals surface area contributed by atoms with Crippen LogP contribution >= 0.6 is 11.6 Å². The smallest absolute Gasteiger partial charge is 0.251 e. The summed E-state index contributed by atoms with van der Waals surface area (Å²) in [6.45, 7) is 0. The van der Waals surface area contributed by atoms with Gasteiger partial charge < -0.3 is 20.0 Å². The third-order valence-corrected chi connectivity index (χ3v) is 3.55. The van der Waals surface area contributed by atoms with Gasteiger partial charge in [-0.25, -0.2) is 0 Å². The van der Waals surface area contributed by atoms with E-state index in [4.69, 9.17) is 16.3 Å². The molecule has 0 saturated heterocycles. The summed E-state index contributed by atoms with van der Waals surface area (Å²) in [6.07, 6.45) is -0.328. The largest absolute Gasteiger partial charge is 0.550 e. The molecule has 23 heavy (non-hydrogen) atoms. The molecule has 0 aliphatic rings. The van der Waals surface area contributed by atoms with Gasteiger partial charge in [-0.1, -0.05) is 23.7 Å². The first kappa shape index (κ1) is 16.8. The molecule has 0 radical (unpaired) electrons. The molecule has 0 unspecified atom stereocenters. The molecular weight excluding hydrogens is 318 g/mol. The zero-order valence-electron chi connectivity index (χ0n) is 12.4. The first-order valence-corrected chi connectivity index (χ1v) is 7.27. The number of rotatable bonds is 6. The number of amides is 1. The predicted octanol–water partition coefficient (Wildman–Crippen LogP) is 1.96. The number of carbonyl (C=O) groups excluding carboxylic acids is 2. The van der Waals surface area contributed by atoms with Crippen molar-refractivity contribution in [3.8, 4) is 5.75 Å². The van der Waals surface area contributed by atoms with Crippen molar-refractivity contribution >= 4 is 23.5 Å². The van der Waals surface area contributed by atoms with Crippen LogP contribution in [0.4, 0.5) is 0 Å². The fraction of sp³-hybridized carbons (Fsp3) is 0.176. The van der Waals surface area contributed by atoms with Gasteiger partial charge in [0.05, 0.1) is 13.2 Å². The highest BCUT2D eigenvalue weighted by Crippen LogP contribution is 2.21. The molecule has 0 heterocycles. The molecule has 2 aromatic carbocycles. The monoisotopic (exact) mass is 332 g/mol. The van der Waals surface area contributed by atoms with E-state index in [1.165, 1.54) is 7.11 Å². The molecular formula is C17H15ClNO4-. The summed E-state index contributed by atoms with van der Waals surface area (Å²) in [6, 6.07) is 12.4. The highest BCUT2D eigenvalue weighted by Gasteiger charge is 2.16. The maximum absolute atomic E-state index is 12.3. The Hall–Kier alpha value is -2.53. The zero-order valence-corrected chi connectivity index (χ0v) is 13.2. The van der Waals surface area contributed by atoms with Crippen molar-refractivity contribution in [3.63, 3.8) is 0 Å². The Kier molecular flexibility index (Phi) is 5.60. The van der Waals surface area contributed by atoms with Crippen LogP contribution in [0.1, 0.15) is 28.4 Å². The van der Waals surface area contributed by atoms with Gasteiger partial charge in [-0.2, -0.15) is 0 Å². The van der Waals surface area contributed by atoms with Crippen LogP contribution in [0.5, 0.6) is 5.75 Å². The van der Waals surface area contributed by atoms with Gasteiger partial charge in [0.2, 0.25) is 0 Å². The SMILES string of the molecule is COc1ccc([C@@H](CC(=O)[O-])NC(=O)c2ccc(Cl)cc2)cc1. The van der Waals surface area contributed by atoms with Gasteiger partial charge in [0, 0.05) is 23.0 Å². The minimum absolute atomic E-state index is 0.328. The standard InChI is InChI=1S/C17H16ClNO4/c1-23-14-8-4-11(5-9-14)15(10-16(20)21)19-17(22)12-2-6-13(18)7-3-12/h2-9,15H,10H2,1H3,(H,19,22)(H,20,21)/p-1/t15-/m1/s1. The van der Waals surface area contributed by atoms with Gasteiger partial charge in [-0.3, -0.25) is 4.79 Å². The van der Waals surface area contributed by atoms with E-state index in [0.717, 1.165) is 0 Å². The molecule has 1 amide bonds. The van der Waals surface area contributed by atoms with Crippen LogP contribution in [0.25, 0.3) is 0 Å². The summed E-state index contributed by atoms with van der Waals surface area (Å²) < 4.78 is 5.06. The van der Waals surface area contributed by atoms with Gasteiger partial charge in [0.25, 0.3) is 5.91 Å². The summed E-state index contributed by atoms with van der Waals surface area (Å²) in [7, 11) is 1.54. The van der Waals surface area contributed by atoms with Crippen LogP contribution in [-0.2, 0) is 4.79 Å². The quantitative estimate of drug-likeness (QED) is 0.877. The summed E-state index contributed by atoms with van der Waals surface area (Å²) in [5, 5.41) is 14.2. The number of carboxylic acid groups (broad SMARTS) is 1. The average Bonchev–Trinajstić information content (AvgIpc) is 2.54. The molecule has 2 aromatic rings. The Labute approximate surface area is 138 Å². The highest BCUT2D eigenvalue weighted by atomic mass is 35.5. The number of ether oxygens (including phenoxy) is 1. The summed E-state index contributed by atoms with van der Waals surface area (Å²) in [5.74, 6) is -0.990. The number of hydrogen-bond acceptors (Lipinski definition) is 4. The number of hydrogen-bond donors (Lipinski definition) is 1. The Morgan fingerprint density at radius 2 is 1.74 bits per heavy atom. The number of methoxy groups -OCH3 is 1. The highest BCUT2D eigenvalue weighted by molar-refractivity contribution is 6.30. The minimum Gasteiger partial charge on any atom is -0.550 e. The molecule has 1 atom stereocenters. The third kappa shape index (κ3) is 4.72. The Balaban J connectivity index is 2.18. The van der Waals surface area contributed by atoms with Gasteiger partial charge in [-0.15, -0.1) is 0 Å². The average molecular weight is 333 g/mol. The second-order valence-electron chi connectivity index (χ2n) is 4.88. The number of carboxylic acids is 1. The predicted molar refractivity (Wildman–Crippen MR) is 84.3 cm³/mol. The lowest BCUT2D eigenvalue weighted by atomic mass is 10.0. The molecule has 0 aliphatic carbocycles. The van der Waals surface area contributed by atoms with E-state index in [0.29, 0.717) is 21.9 Å². The van der Waals surface area contributed by atoms with Crippen molar-refractivity contribution in [1.29, 1.82) is 0 Å². The van der Waals surface area contributed by atoms with Crippen LogP contribution < -0.4 is 15.2 Å². The van der Waals surface area contributed by atoms with Crippen LogP contribution in [0, 0.1) is 0 Å². The van der Waals surface area contributed by atoms with E-state index >= 15 is 0 Å². The maximum atomic E-state index is 12.3. The first-order chi connectivity index (χ1) is 11.0. The molecule has 0 aliphatic heterocycles. The van der Waals surface area contributed by atoms with Crippen molar-refractivity contribution in [1.82, 2.24) is 5.32 Å². The third-order valence-electron chi connectivity index (χ3n) is 3.30. The lowest BCUT2D eigenvalue weighted by molar-refractivity contribution is -0.306. The summed E-state index contributed by atoms with van der Waals surface area (Å²) in [4.78, 5) is 23.2. The maximum Gasteiger partial charge on any atom is 0.251 e. The molecule has 0 aromatic heterocycles. The number of halogens is 1. The molecule has 5 nitrogen and oxygen atoms in total. The Bertz CT molecular complexity index is 683. The summed E-state index contributed by atoms with van der Waals surface area (Å²) in [5.41, 5.74) is 1.04. The van der Waals surface area contributed by atoms with E-state index in [1.807, 2.05) is 0 Å². The second kappa shape index (κ2) is 7.65. The van der Waals surface area contributed by atoms with Crippen molar-refractivity contribution in [3.05, 3.63) is 64.7 Å². The topological polar surface area (TPSA) is 78.5 Å². The van der Waals surface area contributed by atoms with E-state index in [1.54, 1.807) is 48.5 Å². The number of aliphatic carboxylic acids is 1. The molecule has 0 fully saturated rings. The molecule has 0 bridgehead atoms. The van der Waals surface area contributed by atoms with E-state index in [2.05, 4.69) is 5.32 Å². The molecule has 6 heteroatoms. The van der Waals surface area contributed by atoms with Crippen LogP contribution in [0.3, 0.4) is 0 Å². The van der Waals surface area contributed by atoms with Crippen molar-refractivity contribution in [2.45, 2.75) is 12.5 Å². The number of benzene rings is 2. The van der Waals surface area contributed by atoms with Crippen molar-refractivity contribution in [2.75, 3.05) is 7.11 Å². The molecule has 0 saturated carbocycles. The van der Waals surface area contributed by atoms with Gasteiger partial charge in [-0.05, 0) is 42.0 Å². The minimum atomic E-state index is -1.25. The fourth-order valence-corrected chi connectivity index (χ4v) is 2.22. The van der Waals surface area contributed by atoms with Crippen LogP contribution in [-0.4, -0.2) is 19.0 Å². The summed E-state index contributed by atoms with van der Waals surface area (Å²) >= 11 is 5.79. The van der Waals surface area contributed by atoms with Crippen LogP contribution in [0.2, 0.25) is 5.02 Å². The molecule has 120 valence electrons. The first-order valence-electron chi connectivity index (χ1n) is 6.90. The lowest BCUT2D eigenvalue weighted by Crippen LogP contribution is -2.34. The number of carbonyl (C=O) groups is 2. The molecule has 0 spiro atoms. The Morgan fingerprint density at radius 3 is 2.26 bits per heavy atom. The number of nitrogens with one attached hydrogen (secondary N) is 1. The zero-order chi connectivity index (χ0) is 16.8. The fourth-order valence-electron chi connectivity index (χ4n) is 2.10. The normalized spacial score (nSPS) is 11.6.